The second-order valence-electron chi connectivity index (χ2n) is 7.47. The number of piperidine rings is 1. The molecule has 1 unspecified atom stereocenters. The SMILES string of the molecule is CCN1CCC2(CC1)OCCc1sc(C(=O)NC(C)c3nncn3C)cc12. The second-order valence-corrected chi connectivity index (χ2v) is 8.61. The topological polar surface area (TPSA) is 72.3 Å². The minimum absolute atomic E-state index is 0.0500. The largest absolute Gasteiger partial charge is 0.370 e. The van der Waals surface area contributed by atoms with Crippen molar-refractivity contribution in [3.05, 3.63) is 33.5 Å². The summed E-state index contributed by atoms with van der Waals surface area (Å²) in [6.45, 7) is 8.07. The van der Waals surface area contributed by atoms with Gasteiger partial charge in [0.2, 0.25) is 0 Å². The molecule has 0 aromatic carbocycles. The van der Waals surface area contributed by atoms with Gasteiger partial charge in [0.1, 0.15) is 6.33 Å². The molecule has 0 aliphatic carbocycles. The fraction of sp³-hybridized carbons (Fsp3) is 0.632. The molecule has 0 bridgehead atoms. The van der Waals surface area contributed by atoms with Gasteiger partial charge in [0.25, 0.3) is 5.91 Å². The van der Waals surface area contributed by atoms with Crippen LogP contribution in [0.4, 0.5) is 0 Å². The summed E-state index contributed by atoms with van der Waals surface area (Å²) in [5, 5.41) is 11.0. The lowest BCUT2D eigenvalue weighted by molar-refractivity contribution is -0.0964. The first kappa shape index (κ1) is 18.6. The van der Waals surface area contributed by atoms with Crippen LogP contribution >= 0.6 is 11.3 Å². The van der Waals surface area contributed by atoms with Crippen molar-refractivity contribution in [3.63, 3.8) is 0 Å². The quantitative estimate of drug-likeness (QED) is 0.868. The number of aromatic nitrogens is 3. The van der Waals surface area contributed by atoms with E-state index in [9.17, 15) is 4.79 Å². The predicted molar refractivity (Wildman–Crippen MR) is 104 cm³/mol. The van der Waals surface area contributed by atoms with Crippen LogP contribution in [0.2, 0.25) is 0 Å². The van der Waals surface area contributed by atoms with Crippen molar-refractivity contribution >= 4 is 17.2 Å². The highest BCUT2D eigenvalue weighted by Gasteiger charge is 2.42. The number of thiophene rings is 1. The third kappa shape index (κ3) is 3.41. The van der Waals surface area contributed by atoms with Crippen molar-refractivity contribution in [1.29, 1.82) is 0 Å². The number of amides is 1. The van der Waals surface area contributed by atoms with Gasteiger partial charge in [-0.1, -0.05) is 6.92 Å². The molecule has 1 fully saturated rings. The van der Waals surface area contributed by atoms with Crippen LogP contribution in [0.15, 0.2) is 12.4 Å². The maximum atomic E-state index is 12.8. The zero-order valence-corrected chi connectivity index (χ0v) is 17.0. The van der Waals surface area contributed by atoms with Crippen molar-refractivity contribution in [3.8, 4) is 0 Å². The summed E-state index contributed by atoms with van der Waals surface area (Å²) in [5.41, 5.74) is 1.04. The van der Waals surface area contributed by atoms with Crippen LogP contribution in [0.25, 0.3) is 0 Å². The Hall–Kier alpha value is -1.77. The molecule has 0 saturated carbocycles. The minimum atomic E-state index is -0.205. The number of hydrogen-bond acceptors (Lipinski definition) is 6. The average Bonchev–Trinajstić information content (AvgIpc) is 3.29. The van der Waals surface area contributed by atoms with Gasteiger partial charge in [-0.3, -0.25) is 4.79 Å². The molecule has 4 heterocycles. The summed E-state index contributed by atoms with van der Waals surface area (Å²) in [7, 11) is 1.88. The van der Waals surface area contributed by atoms with E-state index in [1.165, 1.54) is 10.4 Å². The number of aryl methyl sites for hydroxylation is 1. The fourth-order valence-electron chi connectivity index (χ4n) is 4.19. The van der Waals surface area contributed by atoms with Crippen LogP contribution in [-0.2, 0) is 23.8 Å². The van der Waals surface area contributed by atoms with Gasteiger partial charge in [-0.05, 0) is 37.9 Å². The van der Waals surface area contributed by atoms with Gasteiger partial charge in [0.15, 0.2) is 5.82 Å². The number of nitrogens with one attached hydrogen (secondary N) is 1. The van der Waals surface area contributed by atoms with Crippen molar-refractivity contribution in [1.82, 2.24) is 25.0 Å². The van der Waals surface area contributed by atoms with Crippen molar-refractivity contribution in [2.75, 3.05) is 26.2 Å². The molecule has 1 saturated heterocycles. The van der Waals surface area contributed by atoms with E-state index >= 15 is 0 Å². The first-order valence-electron chi connectivity index (χ1n) is 9.66. The molecule has 1 N–H and O–H groups in total. The summed E-state index contributed by atoms with van der Waals surface area (Å²) < 4.78 is 8.13. The van der Waals surface area contributed by atoms with Crippen LogP contribution in [0.1, 0.15) is 58.7 Å². The molecule has 1 atom stereocenters. The Balaban J connectivity index is 1.53. The van der Waals surface area contributed by atoms with Crippen LogP contribution < -0.4 is 5.32 Å². The molecular weight excluding hydrogens is 362 g/mol. The van der Waals surface area contributed by atoms with Gasteiger partial charge >= 0.3 is 0 Å². The number of likely N-dealkylation sites (tertiary alicyclic amines) is 1. The summed E-state index contributed by atoms with van der Waals surface area (Å²) in [5.74, 6) is 0.697. The summed E-state index contributed by atoms with van der Waals surface area (Å²) in [4.78, 5) is 17.4. The van der Waals surface area contributed by atoms with Gasteiger partial charge in [0, 0.05) is 31.4 Å². The average molecular weight is 390 g/mol. The van der Waals surface area contributed by atoms with E-state index < -0.39 is 0 Å². The summed E-state index contributed by atoms with van der Waals surface area (Å²) in [6, 6.07) is 1.88. The zero-order valence-electron chi connectivity index (χ0n) is 16.2. The molecule has 7 nitrogen and oxygen atoms in total. The Morgan fingerprint density at radius 3 is 2.89 bits per heavy atom. The number of hydrogen-bond donors (Lipinski definition) is 1. The van der Waals surface area contributed by atoms with Crippen LogP contribution in [0.5, 0.6) is 0 Å². The van der Waals surface area contributed by atoms with E-state index in [4.69, 9.17) is 4.74 Å². The predicted octanol–water partition coefficient (Wildman–Crippen LogP) is 2.25. The van der Waals surface area contributed by atoms with Crippen molar-refractivity contribution in [2.45, 2.75) is 44.8 Å². The molecule has 2 aliphatic rings. The van der Waals surface area contributed by atoms with E-state index in [0.717, 1.165) is 56.2 Å². The van der Waals surface area contributed by atoms with E-state index in [2.05, 4.69) is 33.4 Å². The van der Waals surface area contributed by atoms with Crippen LogP contribution in [0, 0.1) is 0 Å². The Morgan fingerprint density at radius 1 is 1.44 bits per heavy atom. The maximum absolute atomic E-state index is 12.8. The molecule has 27 heavy (non-hydrogen) atoms. The monoisotopic (exact) mass is 389 g/mol. The van der Waals surface area contributed by atoms with Crippen LogP contribution in [0.3, 0.4) is 0 Å². The number of nitrogens with zero attached hydrogens (tertiary/aromatic N) is 4. The normalized spacial score (nSPS) is 20.4. The number of carbonyl (C=O) groups is 1. The van der Waals surface area contributed by atoms with Crippen LogP contribution in [-0.4, -0.2) is 51.8 Å². The standard InChI is InChI=1S/C19H27N5O2S/c1-4-24-8-6-19(7-9-24)14-11-16(27-15(14)5-10-26-19)18(25)21-13(2)17-22-20-12-23(17)3/h11-13H,4-10H2,1-3H3,(H,21,25). The highest BCUT2D eigenvalue weighted by molar-refractivity contribution is 7.14. The second kappa shape index (κ2) is 7.33. The van der Waals surface area contributed by atoms with Gasteiger partial charge in [-0.15, -0.1) is 21.5 Å². The molecule has 2 aromatic heterocycles. The minimum Gasteiger partial charge on any atom is -0.370 e. The van der Waals surface area contributed by atoms with E-state index in [0.29, 0.717) is 0 Å². The number of rotatable bonds is 4. The highest BCUT2D eigenvalue weighted by Crippen LogP contribution is 2.44. The number of fused-ring (bicyclic) bond motifs is 2. The zero-order chi connectivity index (χ0) is 19.0. The lowest BCUT2D eigenvalue weighted by atomic mass is 9.82. The Morgan fingerprint density at radius 2 is 2.22 bits per heavy atom. The molecule has 1 amide bonds. The molecule has 2 aliphatic heterocycles. The molecule has 8 heteroatoms. The summed E-state index contributed by atoms with van der Waals surface area (Å²) in [6.07, 6.45) is 4.54. The Labute approximate surface area is 163 Å². The van der Waals surface area contributed by atoms with Gasteiger partial charge in [-0.2, -0.15) is 0 Å². The lowest BCUT2D eigenvalue weighted by Gasteiger charge is -2.43. The first-order valence-corrected chi connectivity index (χ1v) is 10.5. The smallest absolute Gasteiger partial charge is 0.261 e. The third-order valence-electron chi connectivity index (χ3n) is 5.82. The maximum Gasteiger partial charge on any atom is 0.261 e. The van der Waals surface area contributed by atoms with Crippen molar-refractivity contribution in [2.24, 2.45) is 7.05 Å². The number of ether oxygens (including phenoxy) is 1. The van der Waals surface area contributed by atoms with Gasteiger partial charge in [0.05, 0.1) is 23.1 Å². The van der Waals surface area contributed by atoms with Gasteiger partial charge in [-0.25, -0.2) is 0 Å². The molecule has 2 aromatic rings. The Bertz CT molecular complexity index is 822. The molecule has 4 rings (SSSR count). The molecule has 0 radical (unpaired) electrons. The highest BCUT2D eigenvalue weighted by atomic mass is 32.1. The molecular formula is C19H27N5O2S. The van der Waals surface area contributed by atoms with E-state index in [1.807, 2.05) is 18.5 Å². The summed E-state index contributed by atoms with van der Waals surface area (Å²) >= 11 is 1.61. The first-order chi connectivity index (χ1) is 13.0. The van der Waals surface area contributed by atoms with Gasteiger partial charge < -0.3 is 19.5 Å². The van der Waals surface area contributed by atoms with E-state index in [1.54, 1.807) is 17.7 Å². The molecule has 146 valence electrons. The van der Waals surface area contributed by atoms with Crippen molar-refractivity contribution < 1.29 is 9.53 Å². The molecule has 1 spiro atoms. The van der Waals surface area contributed by atoms with E-state index in [-0.39, 0.29) is 17.6 Å². The third-order valence-corrected chi connectivity index (χ3v) is 7.02. The lowest BCUT2D eigenvalue weighted by Crippen LogP contribution is -2.46. The number of carbonyl (C=O) groups excluding carboxylic acids is 1. The fourth-order valence-corrected chi connectivity index (χ4v) is 5.32. The Kier molecular flexibility index (Phi) is 5.05.